The number of nitrogens with zero attached hydrogens (tertiary/aromatic N) is 4. The summed E-state index contributed by atoms with van der Waals surface area (Å²) in [5, 5.41) is 15.5. The molecule has 3 aromatic rings. The summed E-state index contributed by atoms with van der Waals surface area (Å²) < 4.78 is 1.86. The SMILES string of the molecule is CNc1cn2ccnc2c(Nc2ccc(C#N)cc2Cl)n1. The predicted octanol–water partition coefficient (Wildman–Crippen LogP) is 3.04. The van der Waals surface area contributed by atoms with E-state index in [4.69, 9.17) is 16.9 Å². The van der Waals surface area contributed by atoms with Crippen LogP contribution in [0.1, 0.15) is 5.56 Å². The standard InChI is InChI=1S/C14H11ClN6/c1-17-12-8-21-5-4-18-14(21)13(20-12)19-11-3-2-9(7-16)6-10(11)15/h2-6,8,17H,1H3,(H,19,20). The van der Waals surface area contributed by atoms with Crippen LogP contribution < -0.4 is 10.6 Å². The molecule has 6 nitrogen and oxygen atoms in total. The fraction of sp³-hybridized carbons (Fsp3) is 0.0714. The van der Waals surface area contributed by atoms with Gasteiger partial charge in [0.05, 0.1) is 28.5 Å². The number of hydrogen-bond donors (Lipinski definition) is 2. The number of benzene rings is 1. The van der Waals surface area contributed by atoms with Crippen LogP contribution in [0.2, 0.25) is 5.02 Å². The first-order valence-electron chi connectivity index (χ1n) is 6.19. The fourth-order valence-electron chi connectivity index (χ4n) is 1.95. The smallest absolute Gasteiger partial charge is 0.180 e. The fourth-order valence-corrected chi connectivity index (χ4v) is 2.18. The van der Waals surface area contributed by atoms with Gasteiger partial charge in [0, 0.05) is 19.4 Å². The Bertz CT molecular complexity index is 848. The molecule has 0 saturated heterocycles. The van der Waals surface area contributed by atoms with E-state index in [1.54, 1.807) is 31.4 Å². The van der Waals surface area contributed by atoms with Gasteiger partial charge in [-0.25, -0.2) is 9.97 Å². The third-order valence-electron chi connectivity index (χ3n) is 2.98. The minimum absolute atomic E-state index is 0.454. The number of anilines is 3. The van der Waals surface area contributed by atoms with Crippen LogP contribution in [0.3, 0.4) is 0 Å². The van der Waals surface area contributed by atoms with Crippen LogP contribution in [0, 0.1) is 11.3 Å². The molecule has 0 aliphatic carbocycles. The van der Waals surface area contributed by atoms with Crippen molar-refractivity contribution in [3.8, 4) is 6.07 Å². The summed E-state index contributed by atoms with van der Waals surface area (Å²) in [4.78, 5) is 8.71. The molecule has 0 amide bonds. The first-order valence-corrected chi connectivity index (χ1v) is 6.57. The Morgan fingerprint density at radius 2 is 2.24 bits per heavy atom. The monoisotopic (exact) mass is 298 g/mol. The molecule has 0 atom stereocenters. The van der Waals surface area contributed by atoms with Crippen molar-refractivity contribution in [2.75, 3.05) is 17.7 Å². The van der Waals surface area contributed by atoms with Crippen molar-refractivity contribution in [1.82, 2.24) is 14.4 Å². The highest BCUT2D eigenvalue weighted by Crippen LogP contribution is 2.27. The Hall–Kier alpha value is -2.78. The molecule has 0 spiro atoms. The largest absolute Gasteiger partial charge is 0.372 e. The van der Waals surface area contributed by atoms with Crippen molar-refractivity contribution in [2.24, 2.45) is 0 Å². The van der Waals surface area contributed by atoms with E-state index in [-0.39, 0.29) is 0 Å². The van der Waals surface area contributed by atoms with Crippen LogP contribution >= 0.6 is 11.6 Å². The maximum atomic E-state index is 8.86. The van der Waals surface area contributed by atoms with E-state index in [1.165, 1.54) is 0 Å². The zero-order valence-electron chi connectivity index (χ0n) is 11.1. The minimum Gasteiger partial charge on any atom is -0.372 e. The highest BCUT2D eigenvalue weighted by atomic mass is 35.5. The third kappa shape index (κ3) is 2.47. The lowest BCUT2D eigenvalue weighted by molar-refractivity contribution is 1.12. The molecule has 0 fully saturated rings. The Morgan fingerprint density at radius 3 is 2.95 bits per heavy atom. The van der Waals surface area contributed by atoms with E-state index in [0.717, 1.165) is 0 Å². The molecular formula is C14H11ClN6. The highest BCUT2D eigenvalue weighted by Gasteiger charge is 2.09. The Balaban J connectivity index is 2.05. The Labute approximate surface area is 126 Å². The van der Waals surface area contributed by atoms with Crippen LogP contribution in [0.25, 0.3) is 5.65 Å². The van der Waals surface area contributed by atoms with Gasteiger partial charge in [0.2, 0.25) is 0 Å². The lowest BCUT2D eigenvalue weighted by Crippen LogP contribution is -2.02. The second-order valence-electron chi connectivity index (χ2n) is 4.31. The van der Waals surface area contributed by atoms with Gasteiger partial charge in [-0.1, -0.05) is 11.6 Å². The molecular weight excluding hydrogens is 288 g/mol. The van der Waals surface area contributed by atoms with Crippen molar-refractivity contribution >= 4 is 34.6 Å². The normalized spacial score (nSPS) is 10.3. The predicted molar refractivity (Wildman–Crippen MR) is 82.0 cm³/mol. The molecule has 2 heterocycles. The second-order valence-corrected chi connectivity index (χ2v) is 4.72. The van der Waals surface area contributed by atoms with E-state index in [1.807, 2.05) is 22.9 Å². The van der Waals surface area contributed by atoms with Crippen LogP contribution in [0.4, 0.5) is 17.3 Å². The van der Waals surface area contributed by atoms with Gasteiger partial charge in [-0.15, -0.1) is 0 Å². The van der Waals surface area contributed by atoms with Crippen LogP contribution in [-0.4, -0.2) is 21.4 Å². The first kappa shape index (κ1) is 13.2. The van der Waals surface area contributed by atoms with Gasteiger partial charge in [0.25, 0.3) is 0 Å². The van der Waals surface area contributed by atoms with E-state index in [2.05, 4.69) is 20.6 Å². The van der Waals surface area contributed by atoms with Crippen LogP contribution in [0.5, 0.6) is 0 Å². The van der Waals surface area contributed by atoms with Gasteiger partial charge < -0.3 is 15.0 Å². The molecule has 0 saturated carbocycles. The highest BCUT2D eigenvalue weighted by molar-refractivity contribution is 6.33. The summed E-state index contributed by atoms with van der Waals surface area (Å²) in [5.41, 5.74) is 1.86. The molecule has 0 unspecified atom stereocenters. The summed E-state index contributed by atoms with van der Waals surface area (Å²) >= 11 is 6.17. The molecule has 0 radical (unpaired) electrons. The average Bonchev–Trinajstić information content (AvgIpc) is 2.97. The van der Waals surface area contributed by atoms with Crippen LogP contribution in [0.15, 0.2) is 36.8 Å². The minimum atomic E-state index is 0.454. The molecule has 2 aromatic heterocycles. The Kier molecular flexibility index (Phi) is 3.34. The van der Waals surface area contributed by atoms with E-state index in [9.17, 15) is 0 Å². The number of fused-ring (bicyclic) bond motifs is 1. The molecule has 104 valence electrons. The maximum absolute atomic E-state index is 8.86. The van der Waals surface area contributed by atoms with Crippen molar-refractivity contribution in [2.45, 2.75) is 0 Å². The number of imidazole rings is 1. The number of halogens is 1. The van der Waals surface area contributed by atoms with E-state index in [0.29, 0.717) is 33.6 Å². The summed E-state index contributed by atoms with van der Waals surface area (Å²) in [5.74, 6) is 1.28. The summed E-state index contributed by atoms with van der Waals surface area (Å²) in [6, 6.07) is 7.09. The lowest BCUT2D eigenvalue weighted by Gasteiger charge is -2.10. The number of hydrogen-bond acceptors (Lipinski definition) is 5. The van der Waals surface area contributed by atoms with Gasteiger partial charge in [0.15, 0.2) is 11.5 Å². The van der Waals surface area contributed by atoms with Gasteiger partial charge >= 0.3 is 0 Å². The van der Waals surface area contributed by atoms with Crippen molar-refractivity contribution in [3.05, 3.63) is 47.4 Å². The first-order chi connectivity index (χ1) is 10.2. The lowest BCUT2D eigenvalue weighted by atomic mass is 10.2. The number of rotatable bonds is 3. The third-order valence-corrected chi connectivity index (χ3v) is 3.29. The van der Waals surface area contributed by atoms with E-state index >= 15 is 0 Å². The zero-order chi connectivity index (χ0) is 14.8. The molecule has 1 aromatic carbocycles. The Morgan fingerprint density at radius 1 is 1.38 bits per heavy atom. The van der Waals surface area contributed by atoms with Crippen molar-refractivity contribution in [3.63, 3.8) is 0 Å². The number of aromatic nitrogens is 3. The molecule has 0 aliphatic rings. The van der Waals surface area contributed by atoms with Gasteiger partial charge in [-0.05, 0) is 18.2 Å². The van der Waals surface area contributed by atoms with Gasteiger partial charge in [-0.3, -0.25) is 0 Å². The topological polar surface area (TPSA) is 78.0 Å². The molecule has 0 bridgehead atoms. The van der Waals surface area contributed by atoms with Crippen molar-refractivity contribution in [1.29, 1.82) is 5.26 Å². The average molecular weight is 299 g/mol. The molecule has 21 heavy (non-hydrogen) atoms. The van der Waals surface area contributed by atoms with Crippen molar-refractivity contribution < 1.29 is 0 Å². The van der Waals surface area contributed by atoms with Gasteiger partial charge in [-0.2, -0.15) is 5.26 Å². The quantitative estimate of drug-likeness (QED) is 0.777. The molecule has 3 rings (SSSR count). The number of nitrogens with one attached hydrogen (secondary N) is 2. The molecule has 0 aliphatic heterocycles. The molecule has 2 N–H and O–H groups in total. The summed E-state index contributed by atoms with van der Waals surface area (Å²) in [6.07, 6.45) is 5.37. The van der Waals surface area contributed by atoms with E-state index < -0.39 is 0 Å². The number of nitriles is 1. The van der Waals surface area contributed by atoms with Crippen LogP contribution in [-0.2, 0) is 0 Å². The second kappa shape index (κ2) is 5.31. The summed E-state index contributed by atoms with van der Waals surface area (Å²) in [7, 11) is 1.80. The zero-order valence-corrected chi connectivity index (χ0v) is 11.9. The van der Waals surface area contributed by atoms with Gasteiger partial charge in [0.1, 0.15) is 5.82 Å². The maximum Gasteiger partial charge on any atom is 0.180 e. The molecule has 7 heteroatoms. The summed E-state index contributed by atoms with van der Waals surface area (Å²) in [6.45, 7) is 0.